The van der Waals surface area contributed by atoms with Gasteiger partial charge in [-0.25, -0.2) is 0 Å². The lowest BCUT2D eigenvalue weighted by Crippen LogP contribution is -2.32. The second-order valence-electron chi connectivity index (χ2n) is 7.05. The lowest BCUT2D eigenvalue weighted by molar-refractivity contribution is -0.119. The number of fused-ring (bicyclic) bond motifs is 1. The molecule has 0 saturated heterocycles. The molecule has 2 aromatic carbocycles. The van der Waals surface area contributed by atoms with Crippen molar-refractivity contribution >= 4 is 17.7 Å². The molecule has 150 valence electrons. The molecule has 0 aliphatic heterocycles. The van der Waals surface area contributed by atoms with E-state index in [2.05, 4.69) is 39.0 Å². The van der Waals surface area contributed by atoms with E-state index < -0.39 is 0 Å². The number of methoxy groups -OCH3 is 1. The second kappa shape index (κ2) is 8.65. The molecule has 0 spiro atoms. The minimum absolute atomic E-state index is 0.0255. The molecule has 7 nitrogen and oxygen atoms in total. The molecular weight excluding hydrogens is 386 g/mol. The van der Waals surface area contributed by atoms with Gasteiger partial charge >= 0.3 is 0 Å². The molecule has 1 aliphatic carbocycles. The summed E-state index contributed by atoms with van der Waals surface area (Å²) in [5.41, 5.74) is 4.38. The highest BCUT2D eigenvalue weighted by atomic mass is 32.2. The Morgan fingerprint density at radius 2 is 2.17 bits per heavy atom. The van der Waals surface area contributed by atoms with Crippen molar-refractivity contribution in [2.45, 2.75) is 37.4 Å². The van der Waals surface area contributed by atoms with Crippen LogP contribution in [0.5, 0.6) is 5.75 Å². The van der Waals surface area contributed by atoms with Crippen molar-refractivity contribution in [3.05, 3.63) is 59.2 Å². The van der Waals surface area contributed by atoms with E-state index in [0.29, 0.717) is 10.9 Å². The second-order valence-corrected chi connectivity index (χ2v) is 7.99. The first-order valence-corrected chi connectivity index (χ1v) is 10.6. The predicted octanol–water partition coefficient (Wildman–Crippen LogP) is 3.27. The molecule has 1 atom stereocenters. The number of nitrogens with zero attached hydrogens (tertiary/aromatic N) is 4. The Morgan fingerprint density at radius 3 is 3.03 bits per heavy atom. The van der Waals surface area contributed by atoms with Crippen LogP contribution in [0.3, 0.4) is 0 Å². The fourth-order valence-electron chi connectivity index (χ4n) is 3.66. The Hall–Kier alpha value is -2.87. The van der Waals surface area contributed by atoms with Crippen LogP contribution in [0.2, 0.25) is 0 Å². The molecule has 1 N–H and O–H groups in total. The zero-order chi connectivity index (χ0) is 20.2. The number of carbonyl (C=O) groups excluding carboxylic acids is 1. The lowest BCUT2D eigenvalue weighted by atomic mass is 9.88. The van der Waals surface area contributed by atoms with Crippen LogP contribution in [0.1, 0.15) is 35.6 Å². The van der Waals surface area contributed by atoms with Gasteiger partial charge in [0.15, 0.2) is 0 Å². The maximum Gasteiger partial charge on any atom is 0.230 e. The van der Waals surface area contributed by atoms with Gasteiger partial charge < -0.3 is 10.1 Å². The van der Waals surface area contributed by atoms with Crippen LogP contribution < -0.4 is 10.1 Å². The molecule has 1 aliphatic rings. The van der Waals surface area contributed by atoms with Crippen LogP contribution >= 0.6 is 11.8 Å². The summed E-state index contributed by atoms with van der Waals surface area (Å²) in [7, 11) is 1.61. The molecule has 0 radical (unpaired) electrons. The predicted molar refractivity (Wildman–Crippen MR) is 111 cm³/mol. The number of thioether (sulfide) groups is 1. The van der Waals surface area contributed by atoms with Crippen LogP contribution in [0.4, 0.5) is 0 Å². The highest BCUT2D eigenvalue weighted by Gasteiger charge is 2.22. The number of amides is 1. The zero-order valence-electron chi connectivity index (χ0n) is 16.5. The van der Waals surface area contributed by atoms with E-state index in [0.717, 1.165) is 30.5 Å². The van der Waals surface area contributed by atoms with Crippen LogP contribution in [0, 0.1) is 6.92 Å². The number of benzene rings is 2. The number of hydrogen-bond donors (Lipinski definition) is 1. The topological polar surface area (TPSA) is 81.9 Å². The molecule has 1 heterocycles. The molecule has 29 heavy (non-hydrogen) atoms. The van der Waals surface area contributed by atoms with E-state index in [1.165, 1.54) is 22.9 Å². The van der Waals surface area contributed by atoms with Crippen molar-refractivity contribution < 1.29 is 9.53 Å². The monoisotopic (exact) mass is 409 g/mol. The Labute approximate surface area is 173 Å². The average Bonchev–Trinajstić information content (AvgIpc) is 3.21. The minimum Gasteiger partial charge on any atom is -0.494 e. The summed E-state index contributed by atoms with van der Waals surface area (Å²) < 4.78 is 7.04. The van der Waals surface area contributed by atoms with Crippen molar-refractivity contribution in [3.63, 3.8) is 0 Å². The highest BCUT2D eigenvalue weighted by molar-refractivity contribution is 7.99. The van der Waals surface area contributed by atoms with E-state index in [1.54, 1.807) is 11.8 Å². The number of rotatable bonds is 6. The summed E-state index contributed by atoms with van der Waals surface area (Å²) in [5.74, 6) is 0.892. The number of aromatic nitrogens is 4. The molecule has 1 amide bonds. The Bertz CT molecular complexity index is 1020. The third-order valence-electron chi connectivity index (χ3n) is 5.04. The number of nitrogens with one attached hydrogen (secondary N) is 1. The standard InChI is InChI=1S/C21H23N5O2S/c1-14-10-11-19(28-2)18(12-14)26-21(23-24-25-26)29-13-20(27)22-17-9-5-7-15-6-3-4-8-16(15)17/h3-4,6,8,10-12,17H,5,7,9,13H2,1-2H3,(H,22,27)/t17-/m0/s1. The third kappa shape index (κ3) is 4.27. The van der Waals surface area contributed by atoms with Crippen molar-refractivity contribution in [1.29, 1.82) is 0 Å². The van der Waals surface area contributed by atoms with Crippen molar-refractivity contribution in [2.24, 2.45) is 0 Å². The molecule has 0 fully saturated rings. The Kier molecular flexibility index (Phi) is 5.80. The fourth-order valence-corrected chi connectivity index (χ4v) is 4.35. The molecule has 1 aromatic heterocycles. The number of ether oxygens (including phenoxy) is 1. The first-order chi connectivity index (χ1) is 14.2. The van der Waals surface area contributed by atoms with Crippen LogP contribution in [0.15, 0.2) is 47.6 Å². The zero-order valence-corrected chi connectivity index (χ0v) is 17.3. The molecular formula is C21H23N5O2S. The summed E-state index contributed by atoms with van der Waals surface area (Å²) in [6.07, 6.45) is 3.12. The number of hydrogen-bond acceptors (Lipinski definition) is 6. The van der Waals surface area contributed by atoms with E-state index in [1.807, 2.05) is 31.2 Å². The van der Waals surface area contributed by atoms with Crippen LogP contribution in [0.25, 0.3) is 5.69 Å². The van der Waals surface area contributed by atoms with E-state index in [4.69, 9.17) is 4.74 Å². The summed E-state index contributed by atoms with van der Waals surface area (Å²) >= 11 is 1.31. The highest BCUT2D eigenvalue weighted by Crippen LogP contribution is 2.30. The van der Waals surface area contributed by atoms with Gasteiger partial charge in [0, 0.05) is 0 Å². The summed E-state index contributed by atoms with van der Waals surface area (Å²) in [4.78, 5) is 12.6. The van der Waals surface area contributed by atoms with Gasteiger partial charge in [-0.2, -0.15) is 4.68 Å². The van der Waals surface area contributed by atoms with Crippen LogP contribution in [-0.2, 0) is 11.2 Å². The van der Waals surface area contributed by atoms with Crippen molar-refractivity contribution in [3.8, 4) is 11.4 Å². The van der Waals surface area contributed by atoms with Gasteiger partial charge in [0.25, 0.3) is 0 Å². The maximum absolute atomic E-state index is 12.6. The van der Waals surface area contributed by atoms with Gasteiger partial charge in [-0.3, -0.25) is 4.79 Å². The van der Waals surface area contributed by atoms with Crippen molar-refractivity contribution in [2.75, 3.05) is 12.9 Å². The molecule has 3 aromatic rings. The Morgan fingerprint density at radius 1 is 1.31 bits per heavy atom. The number of carbonyl (C=O) groups is 1. The smallest absolute Gasteiger partial charge is 0.230 e. The van der Waals surface area contributed by atoms with E-state index >= 15 is 0 Å². The summed E-state index contributed by atoms with van der Waals surface area (Å²) in [5, 5.41) is 15.7. The number of tetrazole rings is 1. The molecule has 0 saturated carbocycles. The minimum atomic E-state index is -0.0255. The SMILES string of the molecule is COc1ccc(C)cc1-n1nnnc1SCC(=O)N[C@H]1CCCc2ccccc21. The Balaban J connectivity index is 1.44. The van der Waals surface area contributed by atoms with Gasteiger partial charge in [0.1, 0.15) is 11.4 Å². The summed E-state index contributed by atoms with van der Waals surface area (Å²) in [6, 6.07) is 14.2. The first kappa shape index (κ1) is 19.4. The molecule has 8 heteroatoms. The quantitative estimate of drug-likeness (QED) is 0.630. The number of aryl methyl sites for hydroxylation is 2. The fraction of sp³-hybridized carbons (Fsp3) is 0.333. The van der Waals surface area contributed by atoms with Gasteiger partial charge in [-0.15, -0.1) is 5.10 Å². The molecule has 4 rings (SSSR count). The van der Waals surface area contributed by atoms with Gasteiger partial charge in [-0.1, -0.05) is 42.1 Å². The first-order valence-electron chi connectivity index (χ1n) is 9.59. The van der Waals surface area contributed by atoms with Gasteiger partial charge in [0.05, 0.1) is 18.9 Å². The normalized spacial score (nSPS) is 15.6. The molecule has 0 unspecified atom stereocenters. The average molecular weight is 410 g/mol. The van der Waals surface area contributed by atoms with E-state index in [-0.39, 0.29) is 17.7 Å². The largest absolute Gasteiger partial charge is 0.494 e. The third-order valence-corrected chi connectivity index (χ3v) is 5.96. The maximum atomic E-state index is 12.6. The van der Waals surface area contributed by atoms with E-state index in [9.17, 15) is 4.79 Å². The lowest BCUT2D eigenvalue weighted by Gasteiger charge is -2.26. The van der Waals surface area contributed by atoms with Crippen molar-refractivity contribution in [1.82, 2.24) is 25.5 Å². The van der Waals surface area contributed by atoms with Gasteiger partial charge in [-0.05, 0) is 65.4 Å². The molecule has 0 bridgehead atoms. The van der Waals surface area contributed by atoms with Crippen LogP contribution in [-0.4, -0.2) is 39.0 Å². The summed E-state index contributed by atoms with van der Waals surface area (Å²) in [6.45, 7) is 2.00. The van der Waals surface area contributed by atoms with Gasteiger partial charge in [0.2, 0.25) is 11.1 Å².